The molecule has 0 bridgehead atoms. The molecule has 1 aliphatic rings. The SMILES string of the molecule is Cl.O=c1[nH]c2cnc(-c3cnn4ccccc34)nc2n1C1CCCNC1. The van der Waals surface area contributed by atoms with Crippen LogP contribution in [0.3, 0.4) is 0 Å². The van der Waals surface area contributed by atoms with Gasteiger partial charge in [-0.15, -0.1) is 12.4 Å². The highest BCUT2D eigenvalue weighted by Crippen LogP contribution is 2.24. The van der Waals surface area contributed by atoms with E-state index in [-0.39, 0.29) is 24.1 Å². The van der Waals surface area contributed by atoms with Gasteiger partial charge in [-0.2, -0.15) is 5.10 Å². The smallest absolute Gasteiger partial charge is 0.315 e. The van der Waals surface area contributed by atoms with Crippen LogP contribution >= 0.6 is 12.4 Å². The number of nitrogens with zero attached hydrogens (tertiary/aromatic N) is 5. The molecule has 0 saturated carbocycles. The zero-order valence-electron chi connectivity index (χ0n) is 13.9. The van der Waals surface area contributed by atoms with Crippen molar-refractivity contribution in [1.29, 1.82) is 0 Å². The Balaban J connectivity index is 0.00000168. The molecule has 5 rings (SSSR count). The molecule has 0 aromatic carbocycles. The average Bonchev–Trinajstić information content (AvgIpc) is 3.22. The topological polar surface area (TPSA) is 92.9 Å². The molecular formula is C17H18ClN7O. The van der Waals surface area contributed by atoms with E-state index in [9.17, 15) is 4.79 Å². The number of piperidine rings is 1. The van der Waals surface area contributed by atoms with Crippen LogP contribution in [0.1, 0.15) is 18.9 Å². The molecule has 26 heavy (non-hydrogen) atoms. The van der Waals surface area contributed by atoms with Gasteiger partial charge >= 0.3 is 5.69 Å². The lowest BCUT2D eigenvalue weighted by atomic mass is 10.1. The van der Waals surface area contributed by atoms with Crippen LogP contribution in [0, 0.1) is 0 Å². The minimum atomic E-state index is -0.130. The number of imidazole rings is 1. The van der Waals surface area contributed by atoms with Crippen molar-refractivity contribution < 1.29 is 0 Å². The lowest BCUT2D eigenvalue weighted by molar-refractivity contribution is 0.370. The van der Waals surface area contributed by atoms with Crippen molar-refractivity contribution in [1.82, 2.24) is 34.4 Å². The summed E-state index contributed by atoms with van der Waals surface area (Å²) in [6.45, 7) is 1.78. The highest BCUT2D eigenvalue weighted by atomic mass is 35.5. The van der Waals surface area contributed by atoms with E-state index in [2.05, 4.69) is 20.4 Å². The number of hydrogen-bond donors (Lipinski definition) is 2. The molecular weight excluding hydrogens is 354 g/mol. The van der Waals surface area contributed by atoms with Crippen LogP contribution in [-0.4, -0.2) is 42.2 Å². The first kappa shape index (κ1) is 16.7. The van der Waals surface area contributed by atoms with Gasteiger partial charge in [-0.25, -0.2) is 19.3 Å². The third-order valence-electron chi connectivity index (χ3n) is 4.76. The molecule has 1 aliphatic heterocycles. The van der Waals surface area contributed by atoms with Crippen molar-refractivity contribution in [2.45, 2.75) is 18.9 Å². The van der Waals surface area contributed by atoms with Gasteiger partial charge in [0.1, 0.15) is 5.52 Å². The fourth-order valence-electron chi connectivity index (χ4n) is 3.55. The van der Waals surface area contributed by atoms with E-state index >= 15 is 0 Å². The fraction of sp³-hybridized carbons (Fsp3) is 0.294. The number of aromatic amines is 1. The van der Waals surface area contributed by atoms with E-state index in [1.807, 2.05) is 24.4 Å². The zero-order valence-corrected chi connectivity index (χ0v) is 14.7. The molecule has 0 spiro atoms. The molecule has 4 aromatic rings. The van der Waals surface area contributed by atoms with Gasteiger partial charge in [0.2, 0.25) is 0 Å². The van der Waals surface area contributed by atoms with Gasteiger partial charge in [-0.1, -0.05) is 6.07 Å². The summed E-state index contributed by atoms with van der Waals surface area (Å²) in [6, 6.07) is 5.97. The van der Waals surface area contributed by atoms with Gasteiger partial charge in [0.25, 0.3) is 0 Å². The zero-order chi connectivity index (χ0) is 16.8. The van der Waals surface area contributed by atoms with Crippen molar-refractivity contribution in [3.05, 3.63) is 47.3 Å². The highest BCUT2D eigenvalue weighted by Gasteiger charge is 2.21. The summed E-state index contributed by atoms with van der Waals surface area (Å²) < 4.78 is 3.55. The van der Waals surface area contributed by atoms with Crippen molar-refractivity contribution in [2.24, 2.45) is 0 Å². The van der Waals surface area contributed by atoms with Crippen LogP contribution < -0.4 is 11.0 Å². The minimum Gasteiger partial charge on any atom is -0.315 e. The Hall–Kier alpha value is -2.71. The molecule has 9 heteroatoms. The first-order chi connectivity index (χ1) is 12.3. The molecule has 5 heterocycles. The third kappa shape index (κ3) is 2.58. The summed E-state index contributed by atoms with van der Waals surface area (Å²) in [5.74, 6) is 0.574. The van der Waals surface area contributed by atoms with Gasteiger partial charge in [0.15, 0.2) is 11.5 Å². The largest absolute Gasteiger partial charge is 0.328 e. The van der Waals surface area contributed by atoms with Gasteiger partial charge in [-0.3, -0.25) is 4.57 Å². The molecule has 8 nitrogen and oxygen atoms in total. The fourth-order valence-corrected chi connectivity index (χ4v) is 3.55. The predicted molar refractivity (Wildman–Crippen MR) is 101 cm³/mol. The highest BCUT2D eigenvalue weighted by molar-refractivity contribution is 5.85. The number of rotatable bonds is 2. The molecule has 4 aromatic heterocycles. The maximum Gasteiger partial charge on any atom is 0.328 e. The van der Waals surface area contributed by atoms with Crippen molar-refractivity contribution >= 4 is 29.1 Å². The van der Waals surface area contributed by atoms with E-state index in [1.165, 1.54) is 0 Å². The Morgan fingerprint density at radius 1 is 1.23 bits per heavy atom. The van der Waals surface area contributed by atoms with E-state index in [1.54, 1.807) is 21.5 Å². The van der Waals surface area contributed by atoms with Crippen LogP contribution in [0.25, 0.3) is 28.1 Å². The van der Waals surface area contributed by atoms with Crippen LogP contribution in [0.15, 0.2) is 41.6 Å². The summed E-state index contributed by atoms with van der Waals surface area (Å²) in [6.07, 6.45) is 7.34. The maximum absolute atomic E-state index is 12.4. The van der Waals surface area contributed by atoms with Gasteiger partial charge in [-0.05, 0) is 31.5 Å². The molecule has 2 N–H and O–H groups in total. The standard InChI is InChI=1S/C17H17N7O.ClH/c25-17-21-13-10-19-15(12-9-20-23-7-2-1-5-14(12)23)22-16(13)24(17)11-4-3-6-18-8-11;/h1-2,5,7,9-11,18H,3-4,6,8H2,(H,21,25);1H. The van der Waals surface area contributed by atoms with E-state index in [4.69, 9.17) is 4.98 Å². The number of hydrogen-bond acceptors (Lipinski definition) is 5. The van der Waals surface area contributed by atoms with Crippen LogP contribution in [0.2, 0.25) is 0 Å². The Bertz CT molecular complexity index is 1120. The number of pyridine rings is 1. The van der Waals surface area contributed by atoms with Gasteiger partial charge in [0.05, 0.1) is 29.5 Å². The lowest BCUT2D eigenvalue weighted by Crippen LogP contribution is -2.35. The van der Waals surface area contributed by atoms with Gasteiger partial charge < -0.3 is 10.3 Å². The summed E-state index contributed by atoms with van der Waals surface area (Å²) in [7, 11) is 0. The normalized spacial score (nSPS) is 17.5. The third-order valence-corrected chi connectivity index (χ3v) is 4.76. The van der Waals surface area contributed by atoms with Crippen LogP contribution in [-0.2, 0) is 0 Å². The number of halogens is 1. The average molecular weight is 372 g/mol. The maximum atomic E-state index is 12.4. The van der Waals surface area contributed by atoms with E-state index in [0.29, 0.717) is 17.0 Å². The first-order valence-electron chi connectivity index (χ1n) is 8.42. The number of H-pyrrole nitrogens is 1. The molecule has 1 saturated heterocycles. The Morgan fingerprint density at radius 2 is 2.15 bits per heavy atom. The predicted octanol–water partition coefficient (Wildman–Crippen LogP) is 1.78. The van der Waals surface area contributed by atoms with Crippen molar-refractivity contribution in [3.63, 3.8) is 0 Å². The number of aromatic nitrogens is 6. The quantitative estimate of drug-likeness (QED) is 0.560. The molecule has 1 fully saturated rings. The Kier molecular flexibility index (Phi) is 4.21. The molecule has 134 valence electrons. The summed E-state index contributed by atoms with van der Waals surface area (Å²) in [5, 5.41) is 7.69. The van der Waals surface area contributed by atoms with E-state index < -0.39 is 0 Å². The Morgan fingerprint density at radius 3 is 3.00 bits per heavy atom. The van der Waals surface area contributed by atoms with Crippen LogP contribution in [0.4, 0.5) is 0 Å². The lowest BCUT2D eigenvalue weighted by Gasteiger charge is -2.23. The number of nitrogens with one attached hydrogen (secondary N) is 2. The molecule has 0 amide bonds. The monoisotopic (exact) mass is 371 g/mol. The van der Waals surface area contributed by atoms with E-state index in [0.717, 1.165) is 37.0 Å². The van der Waals surface area contributed by atoms with Crippen molar-refractivity contribution in [2.75, 3.05) is 13.1 Å². The molecule has 1 atom stereocenters. The molecule has 0 radical (unpaired) electrons. The second-order valence-electron chi connectivity index (χ2n) is 6.32. The summed E-state index contributed by atoms with van der Waals surface area (Å²) >= 11 is 0. The van der Waals surface area contributed by atoms with Crippen molar-refractivity contribution in [3.8, 4) is 11.4 Å². The second-order valence-corrected chi connectivity index (χ2v) is 6.32. The molecule has 1 unspecified atom stereocenters. The van der Waals surface area contributed by atoms with Gasteiger partial charge in [0, 0.05) is 12.7 Å². The van der Waals surface area contributed by atoms with Crippen LogP contribution in [0.5, 0.6) is 0 Å². The Labute approximate surface area is 154 Å². The summed E-state index contributed by atoms with van der Waals surface area (Å²) in [4.78, 5) is 24.5. The number of fused-ring (bicyclic) bond motifs is 2. The summed E-state index contributed by atoms with van der Waals surface area (Å²) in [5.41, 5.74) is 2.97. The molecule has 0 aliphatic carbocycles. The minimum absolute atomic E-state index is 0. The second kappa shape index (κ2) is 6.54. The first-order valence-corrected chi connectivity index (χ1v) is 8.42.